The highest BCUT2D eigenvalue weighted by molar-refractivity contribution is 6.30. The molecule has 0 bridgehead atoms. The molecule has 1 aromatic rings. The van der Waals surface area contributed by atoms with Crippen LogP contribution in [0.2, 0.25) is 5.02 Å². The number of ether oxygens (including phenoxy) is 1. The minimum Gasteiger partial charge on any atom is -0.442 e. The number of anilines is 1. The molecule has 1 unspecified atom stereocenters. The average Bonchev–Trinajstić information content (AvgIpc) is 3.20. The molecule has 1 saturated heterocycles. The van der Waals surface area contributed by atoms with Crippen LogP contribution in [0.15, 0.2) is 24.3 Å². The third-order valence-electron chi connectivity index (χ3n) is 3.45. The number of halogens is 1. The predicted octanol–water partition coefficient (Wildman–Crippen LogP) is 2.19. The predicted molar refractivity (Wildman–Crippen MR) is 74.8 cm³/mol. The number of cyclic esters (lactones) is 1. The van der Waals surface area contributed by atoms with Crippen molar-refractivity contribution in [2.45, 2.75) is 18.9 Å². The van der Waals surface area contributed by atoms with Crippen molar-refractivity contribution >= 4 is 29.3 Å². The molecule has 1 atom stereocenters. The quantitative estimate of drug-likeness (QED) is 0.926. The molecule has 2 fully saturated rings. The summed E-state index contributed by atoms with van der Waals surface area (Å²) < 4.78 is 5.25. The molecule has 0 spiro atoms. The van der Waals surface area contributed by atoms with E-state index >= 15 is 0 Å². The summed E-state index contributed by atoms with van der Waals surface area (Å²) in [4.78, 5) is 24.9. The summed E-state index contributed by atoms with van der Waals surface area (Å²) in [6, 6.07) is 7.05. The topological polar surface area (TPSA) is 58.6 Å². The zero-order valence-electron chi connectivity index (χ0n) is 10.8. The summed E-state index contributed by atoms with van der Waals surface area (Å²) in [7, 11) is 0. The highest BCUT2D eigenvalue weighted by atomic mass is 35.5. The minimum atomic E-state index is -0.405. The van der Waals surface area contributed by atoms with Crippen LogP contribution < -0.4 is 10.2 Å². The van der Waals surface area contributed by atoms with Gasteiger partial charge in [-0.2, -0.15) is 0 Å². The summed E-state index contributed by atoms with van der Waals surface area (Å²) in [5.41, 5.74) is 0.707. The van der Waals surface area contributed by atoms with Gasteiger partial charge in [-0.05, 0) is 31.0 Å². The lowest BCUT2D eigenvalue weighted by molar-refractivity contribution is -0.122. The Hall–Kier alpha value is -1.75. The van der Waals surface area contributed by atoms with Gasteiger partial charge in [0.15, 0.2) is 0 Å². The number of benzene rings is 1. The van der Waals surface area contributed by atoms with Gasteiger partial charge >= 0.3 is 6.09 Å². The molecule has 3 rings (SSSR count). The van der Waals surface area contributed by atoms with Crippen LogP contribution >= 0.6 is 11.6 Å². The number of nitrogens with zero attached hydrogens (tertiary/aromatic N) is 1. The number of nitrogens with one attached hydrogen (secondary N) is 1. The van der Waals surface area contributed by atoms with E-state index in [1.54, 1.807) is 24.3 Å². The maximum atomic E-state index is 11.8. The van der Waals surface area contributed by atoms with E-state index in [-0.39, 0.29) is 17.9 Å². The molecule has 1 aromatic carbocycles. The van der Waals surface area contributed by atoms with E-state index in [0.29, 0.717) is 23.8 Å². The van der Waals surface area contributed by atoms with Gasteiger partial charge < -0.3 is 10.1 Å². The van der Waals surface area contributed by atoms with Crippen molar-refractivity contribution in [3.05, 3.63) is 29.3 Å². The second kappa shape index (κ2) is 5.32. The molecule has 0 aromatic heterocycles. The monoisotopic (exact) mass is 294 g/mol. The van der Waals surface area contributed by atoms with Gasteiger partial charge in [-0.3, -0.25) is 9.69 Å². The summed E-state index contributed by atoms with van der Waals surface area (Å²) in [5, 5.41) is 3.39. The van der Waals surface area contributed by atoms with E-state index < -0.39 is 6.09 Å². The Morgan fingerprint density at radius 1 is 1.45 bits per heavy atom. The van der Waals surface area contributed by atoms with Gasteiger partial charge in [0.05, 0.1) is 13.1 Å². The van der Waals surface area contributed by atoms with Crippen LogP contribution in [0.5, 0.6) is 0 Å². The van der Waals surface area contributed by atoms with Crippen molar-refractivity contribution in [1.82, 2.24) is 5.32 Å². The number of amides is 2. The molecule has 1 N–H and O–H groups in total. The SMILES string of the molecule is O=C(NCC1CN(c2cccc(Cl)c2)C(=O)O1)C1CC1. The van der Waals surface area contributed by atoms with E-state index in [0.717, 1.165) is 12.8 Å². The molecular weight excluding hydrogens is 280 g/mol. The molecule has 1 saturated carbocycles. The van der Waals surface area contributed by atoms with Crippen molar-refractivity contribution in [1.29, 1.82) is 0 Å². The van der Waals surface area contributed by atoms with Crippen molar-refractivity contribution in [2.24, 2.45) is 5.92 Å². The highest BCUT2D eigenvalue weighted by Gasteiger charge is 2.34. The third kappa shape index (κ3) is 2.88. The molecular formula is C14H15ClN2O3. The van der Waals surface area contributed by atoms with Crippen LogP contribution in [0.25, 0.3) is 0 Å². The maximum Gasteiger partial charge on any atom is 0.414 e. The molecule has 1 aliphatic carbocycles. The summed E-state index contributed by atoms with van der Waals surface area (Å²) in [6.45, 7) is 0.780. The van der Waals surface area contributed by atoms with Gasteiger partial charge in [-0.15, -0.1) is 0 Å². The Kier molecular flexibility index (Phi) is 3.53. The average molecular weight is 295 g/mol. The lowest BCUT2D eigenvalue weighted by Gasteiger charge is -2.13. The zero-order chi connectivity index (χ0) is 14.1. The van der Waals surface area contributed by atoms with Crippen molar-refractivity contribution in [3.63, 3.8) is 0 Å². The first-order valence-electron chi connectivity index (χ1n) is 6.65. The van der Waals surface area contributed by atoms with Gasteiger partial charge in [0.25, 0.3) is 0 Å². The molecule has 1 aliphatic heterocycles. The Morgan fingerprint density at radius 3 is 2.95 bits per heavy atom. The van der Waals surface area contributed by atoms with E-state index in [2.05, 4.69) is 5.32 Å². The van der Waals surface area contributed by atoms with Crippen molar-refractivity contribution in [3.8, 4) is 0 Å². The van der Waals surface area contributed by atoms with Crippen LogP contribution in [0.1, 0.15) is 12.8 Å². The van der Waals surface area contributed by atoms with Gasteiger partial charge in [0, 0.05) is 16.6 Å². The lowest BCUT2D eigenvalue weighted by Crippen LogP contribution is -2.35. The molecule has 2 amide bonds. The third-order valence-corrected chi connectivity index (χ3v) is 3.68. The van der Waals surface area contributed by atoms with Gasteiger partial charge in [0.1, 0.15) is 6.10 Å². The number of hydrogen-bond acceptors (Lipinski definition) is 3. The maximum absolute atomic E-state index is 11.8. The number of carbonyl (C=O) groups is 2. The number of carbonyl (C=O) groups excluding carboxylic acids is 2. The Bertz CT molecular complexity index is 545. The lowest BCUT2D eigenvalue weighted by atomic mass is 10.2. The summed E-state index contributed by atoms with van der Waals surface area (Å²) in [6.07, 6.45) is 1.21. The van der Waals surface area contributed by atoms with E-state index in [1.165, 1.54) is 4.90 Å². The molecule has 5 nitrogen and oxygen atoms in total. The second-order valence-electron chi connectivity index (χ2n) is 5.12. The smallest absolute Gasteiger partial charge is 0.414 e. The molecule has 1 heterocycles. The summed E-state index contributed by atoms with van der Waals surface area (Å²) >= 11 is 5.92. The van der Waals surface area contributed by atoms with E-state index in [1.807, 2.05) is 0 Å². The largest absolute Gasteiger partial charge is 0.442 e. The Balaban J connectivity index is 1.58. The molecule has 20 heavy (non-hydrogen) atoms. The minimum absolute atomic E-state index is 0.0576. The van der Waals surface area contributed by atoms with Gasteiger partial charge in [-0.1, -0.05) is 17.7 Å². The highest BCUT2D eigenvalue weighted by Crippen LogP contribution is 2.29. The van der Waals surface area contributed by atoms with E-state index in [4.69, 9.17) is 16.3 Å². The zero-order valence-corrected chi connectivity index (χ0v) is 11.6. The standard InChI is InChI=1S/C14H15ClN2O3/c15-10-2-1-3-11(6-10)17-8-12(20-14(17)19)7-16-13(18)9-4-5-9/h1-3,6,9,12H,4-5,7-8H2,(H,16,18). The van der Waals surface area contributed by atoms with Crippen LogP contribution in [-0.2, 0) is 9.53 Å². The van der Waals surface area contributed by atoms with Crippen LogP contribution in [0.4, 0.5) is 10.5 Å². The molecule has 2 aliphatic rings. The molecule has 106 valence electrons. The fourth-order valence-corrected chi connectivity index (χ4v) is 2.37. The first-order valence-corrected chi connectivity index (χ1v) is 7.03. The van der Waals surface area contributed by atoms with Crippen molar-refractivity contribution in [2.75, 3.05) is 18.0 Å². The van der Waals surface area contributed by atoms with Crippen LogP contribution in [-0.4, -0.2) is 31.2 Å². The number of hydrogen-bond donors (Lipinski definition) is 1. The second-order valence-corrected chi connectivity index (χ2v) is 5.55. The normalized spacial score (nSPS) is 21.8. The first-order chi connectivity index (χ1) is 9.63. The van der Waals surface area contributed by atoms with Crippen molar-refractivity contribution < 1.29 is 14.3 Å². The fraction of sp³-hybridized carbons (Fsp3) is 0.429. The van der Waals surface area contributed by atoms with Crippen LogP contribution in [0, 0.1) is 5.92 Å². The Labute approximate surface area is 121 Å². The molecule has 0 radical (unpaired) electrons. The fourth-order valence-electron chi connectivity index (χ4n) is 2.19. The molecule has 6 heteroatoms. The van der Waals surface area contributed by atoms with Gasteiger partial charge in [0.2, 0.25) is 5.91 Å². The van der Waals surface area contributed by atoms with E-state index in [9.17, 15) is 9.59 Å². The van der Waals surface area contributed by atoms with Crippen LogP contribution in [0.3, 0.4) is 0 Å². The number of rotatable bonds is 4. The Morgan fingerprint density at radius 2 is 2.25 bits per heavy atom. The van der Waals surface area contributed by atoms with Gasteiger partial charge in [-0.25, -0.2) is 4.79 Å². The first kappa shape index (κ1) is 13.2. The summed E-state index contributed by atoms with van der Waals surface area (Å²) in [5.74, 6) is 0.221.